The molecule has 0 radical (unpaired) electrons. The lowest BCUT2D eigenvalue weighted by molar-refractivity contribution is 0.177. The van der Waals surface area contributed by atoms with Crippen LogP contribution in [-0.4, -0.2) is 40.5 Å². The molecular formula is C8H20N2O3S. The van der Waals surface area contributed by atoms with E-state index in [0.717, 1.165) is 0 Å². The number of nitrogens with two attached hydrogens (primary N) is 1. The molecule has 0 fully saturated rings. The molecular weight excluding hydrogens is 204 g/mol. The van der Waals surface area contributed by atoms with Crippen molar-refractivity contribution < 1.29 is 13.2 Å². The summed E-state index contributed by atoms with van der Waals surface area (Å²) in [6, 6.07) is -0.330. The predicted molar refractivity (Wildman–Crippen MR) is 56.5 cm³/mol. The van der Waals surface area contributed by atoms with Crippen molar-refractivity contribution in [3.05, 3.63) is 0 Å². The summed E-state index contributed by atoms with van der Waals surface area (Å²) in [5, 5.41) is 0. The third-order valence-corrected chi connectivity index (χ3v) is 3.35. The number of rotatable bonds is 7. The lowest BCUT2D eigenvalue weighted by Crippen LogP contribution is -2.44. The molecule has 1 unspecified atom stereocenters. The highest BCUT2D eigenvalue weighted by atomic mass is 32.2. The molecule has 0 saturated heterocycles. The average Bonchev–Trinajstić information content (AvgIpc) is 2.00. The van der Waals surface area contributed by atoms with E-state index in [4.69, 9.17) is 10.5 Å². The van der Waals surface area contributed by atoms with Gasteiger partial charge >= 0.3 is 0 Å². The number of nitrogens with one attached hydrogen (secondary N) is 1. The van der Waals surface area contributed by atoms with Gasteiger partial charge in [0.2, 0.25) is 10.0 Å². The van der Waals surface area contributed by atoms with E-state index in [1.54, 1.807) is 0 Å². The highest BCUT2D eigenvalue weighted by Gasteiger charge is 2.17. The second-order valence-electron chi connectivity index (χ2n) is 3.68. The van der Waals surface area contributed by atoms with Gasteiger partial charge in [-0.25, -0.2) is 13.1 Å². The first-order valence-electron chi connectivity index (χ1n) is 4.60. The third-order valence-electron chi connectivity index (χ3n) is 1.55. The lowest BCUT2D eigenvalue weighted by Gasteiger charge is -2.16. The van der Waals surface area contributed by atoms with E-state index < -0.39 is 10.0 Å². The smallest absolute Gasteiger partial charge is 0.212 e. The maximum atomic E-state index is 11.5. The maximum absolute atomic E-state index is 11.5. The van der Waals surface area contributed by atoms with Crippen molar-refractivity contribution in [2.24, 2.45) is 11.7 Å². The lowest BCUT2D eigenvalue weighted by atomic mass is 10.3. The molecule has 0 aliphatic heterocycles. The van der Waals surface area contributed by atoms with Gasteiger partial charge in [-0.15, -0.1) is 0 Å². The Morgan fingerprint density at radius 2 is 2.00 bits per heavy atom. The minimum atomic E-state index is -3.22. The molecule has 0 aromatic rings. The van der Waals surface area contributed by atoms with E-state index in [-0.39, 0.29) is 24.3 Å². The van der Waals surface area contributed by atoms with Crippen molar-refractivity contribution in [3.63, 3.8) is 0 Å². The zero-order chi connectivity index (χ0) is 11.2. The molecule has 0 amide bonds. The Labute approximate surface area is 86.1 Å². The highest BCUT2D eigenvalue weighted by molar-refractivity contribution is 7.89. The van der Waals surface area contributed by atoms with Gasteiger partial charge in [0.1, 0.15) is 0 Å². The van der Waals surface area contributed by atoms with E-state index in [1.807, 2.05) is 13.8 Å². The molecule has 0 aliphatic carbocycles. The van der Waals surface area contributed by atoms with Crippen LogP contribution in [0.5, 0.6) is 0 Å². The second-order valence-corrected chi connectivity index (χ2v) is 5.48. The van der Waals surface area contributed by atoms with E-state index in [9.17, 15) is 8.42 Å². The summed E-state index contributed by atoms with van der Waals surface area (Å²) in [7, 11) is -1.71. The fourth-order valence-electron chi connectivity index (χ4n) is 1.09. The van der Waals surface area contributed by atoms with Crippen molar-refractivity contribution in [1.29, 1.82) is 0 Å². The largest absolute Gasteiger partial charge is 0.383 e. The number of sulfonamides is 1. The maximum Gasteiger partial charge on any atom is 0.212 e. The topological polar surface area (TPSA) is 81.4 Å². The van der Waals surface area contributed by atoms with E-state index in [2.05, 4.69) is 4.72 Å². The number of hydrogen-bond acceptors (Lipinski definition) is 4. The van der Waals surface area contributed by atoms with Gasteiger partial charge in [0.05, 0.1) is 18.4 Å². The first kappa shape index (κ1) is 13.8. The molecule has 86 valence electrons. The van der Waals surface area contributed by atoms with Crippen LogP contribution in [0.1, 0.15) is 13.8 Å². The first-order valence-corrected chi connectivity index (χ1v) is 6.25. The van der Waals surface area contributed by atoms with Crippen molar-refractivity contribution in [1.82, 2.24) is 4.72 Å². The Morgan fingerprint density at radius 3 is 2.36 bits per heavy atom. The van der Waals surface area contributed by atoms with Crippen LogP contribution in [0.15, 0.2) is 0 Å². The fourth-order valence-corrected chi connectivity index (χ4v) is 2.74. The van der Waals surface area contributed by atoms with Crippen molar-refractivity contribution in [2.75, 3.05) is 26.0 Å². The average molecular weight is 224 g/mol. The Balaban J connectivity index is 4.18. The minimum absolute atomic E-state index is 0.105. The highest BCUT2D eigenvalue weighted by Crippen LogP contribution is 1.98. The van der Waals surface area contributed by atoms with Gasteiger partial charge in [-0.05, 0) is 5.92 Å². The summed E-state index contributed by atoms with van der Waals surface area (Å²) < 4.78 is 30.3. The number of ether oxygens (including phenoxy) is 1. The van der Waals surface area contributed by atoms with E-state index >= 15 is 0 Å². The zero-order valence-corrected chi connectivity index (χ0v) is 9.80. The van der Waals surface area contributed by atoms with Crippen LogP contribution in [0.4, 0.5) is 0 Å². The molecule has 0 aliphatic rings. The summed E-state index contributed by atoms with van der Waals surface area (Å²) in [5.41, 5.74) is 5.39. The minimum Gasteiger partial charge on any atom is -0.383 e. The summed E-state index contributed by atoms with van der Waals surface area (Å²) in [5.74, 6) is 0.223. The summed E-state index contributed by atoms with van der Waals surface area (Å²) >= 11 is 0. The summed E-state index contributed by atoms with van der Waals surface area (Å²) in [6.07, 6.45) is 0. The molecule has 3 N–H and O–H groups in total. The summed E-state index contributed by atoms with van der Waals surface area (Å²) in [4.78, 5) is 0. The molecule has 0 aromatic carbocycles. The van der Waals surface area contributed by atoms with Gasteiger partial charge in [0, 0.05) is 13.7 Å². The van der Waals surface area contributed by atoms with Crippen LogP contribution in [0, 0.1) is 5.92 Å². The van der Waals surface area contributed by atoms with E-state index in [0.29, 0.717) is 6.61 Å². The molecule has 0 aromatic heterocycles. The Bertz CT molecular complexity index is 239. The number of methoxy groups -OCH3 is 1. The normalized spacial score (nSPS) is 14.6. The molecule has 6 heteroatoms. The molecule has 0 rings (SSSR count). The van der Waals surface area contributed by atoms with Crippen molar-refractivity contribution >= 4 is 10.0 Å². The standard InChI is InChI=1S/C8H20N2O3S/c1-7(2)6-14(11,12)10-8(4-9)5-13-3/h7-8,10H,4-6,9H2,1-3H3. The van der Waals surface area contributed by atoms with E-state index in [1.165, 1.54) is 7.11 Å². The molecule has 0 bridgehead atoms. The van der Waals surface area contributed by atoms with Crippen LogP contribution in [-0.2, 0) is 14.8 Å². The first-order chi connectivity index (χ1) is 6.41. The molecule has 14 heavy (non-hydrogen) atoms. The Kier molecular flexibility index (Phi) is 6.26. The monoisotopic (exact) mass is 224 g/mol. The van der Waals surface area contributed by atoms with Gasteiger partial charge in [-0.2, -0.15) is 0 Å². The van der Waals surface area contributed by atoms with Crippen LogP contribution in [0.25, 0.3) is 0 Å². The van der Waals surface area contributed by atoms with Gasteiger partial charge in [0.25, 0.3) is 0 Å². The van der Waals surface area contributed by atoms with Crippen molar-refractivity contribution in [2.45, 2.75) is 19.9 Å². The third kappa shape index (κ3) is 6.31. The second kappa shape index (κ2) is 6.34. The van der Waals surface area contributed by atoms with Gasteiger partial charge in [0.15, 0.2) is 0 Å². The van der Waals surface area contributed by atoms with Gasteiger partial charge in [-0.1, -0.05) is 13.8 Å². The Morgan fingerprint density at radius 1 is 1.43 bits per heavy atom. The molecule has 5 nitrogen and oxygen atoms in total. The van der Waals surface area contributed by atoms with Crippen LogP contribution in [0.2, 0.25) is 0 Å². The van der Waals surface area contributed by atoms with Gasteiger partial charge in [-0.3, -0.25) is 0 Å². The van der Waals surface area contributed by atoms with Crippen molar-refractivity contribution in [3.8, 4) is 0 Å². The van der Waals surface area contributed by atoms with Crippen LogP contribution < -0.4 is 10.5 Å². The SMILES string of the molecule is COCC(CN)NS(=O)(=O)CC(C)C. The molecule has 0 heterocycles. The van der Waals surface area contributed by atoms with Crippen LogP contribution in [0.3, 0.4) is 0 Å². The zero-order valence-electron chi connectivity index (χ0n) is 8.99. The molecule has 0 spiro atoms. The fraction of sp³-hybridized carbons (Fsp3) is 1.00. The quantitative estimate of drug-likeness (QED) is 0.613. The van der Waals surface area contributed by atoms with Crippen LogP contribution >= 0.6 is 0 Å². The molecule has 0 saturated carbocycles. The Hall–Kier alpha value is -0.170. The predicted octanol–water partition coefficient (Wildman–Crippen LogP) is -0.464. The number of hydrogen-bond donors (Lipinski definition) is 2. The molecule has 1 atom stereocenters. The van der Waals surface area contributed by atoms with Gasteiger partial charge < -0.3 is 10.5 Å². The summed E-state index contributed by atoms with van der Waals surface area (Å²) in [6.45, 7) is 4.25.